The lowest BCUT2D eigenvalue weighted by Crippen LogP contribution is -2.36. The molecule has 0 heterocycles. The third-order valence-corrected chi connectivity index (χ3v) is 4.46. The number of hydrogen-bond acceptors (Lipinski definition) is 2. The summed E-state index contributed by atoms with van der Waals surface area (Å²) in [6.07, 6.45) is 6.68. The Morgan fingerprint density at radius 2 is 2.00 bits per heavy atom. The van der Waals surface area contributed by atoms with Crippen molar-refractivity contribution >= 4 is 5.97 Å². The van der Waals surface area contributed by atoms with E-state index in [2.05, 4.69) is 11.8 Å². The molecule has 0 bridgehead atoms. The van der Waals surface area contributed by atoms with Gasteiger partial charge in [-0.25, -0.2) is 4.79 Å². The zero-order chi connectivity index (χ0) is 14.5. The van der Waals surface area contributed by atoms with Gasteiger partial charge < -0.3 is 5.11 Å². The minimum absolute atomic E-state index is 0.381. The normalized spacial score (nSPS) is 16.6. The van der Waals surface area contributed by atoms with Crippen LogP contribution < -0.4 is 0 Å². The van der Waals surface area contributed by atoms with Crippen LogP contribution in [0.4, 0.5) is 0 Å². The van der Waals surface area contributed by atoms with E-state index in [1.165, 1.54) is 37.7 Å². The van der Waals surface area contributed by atoms with Crippen molar-refractivity contribution in [2.45, 2.75) is 58.5 Å². The second-order valence-corrected chi connectivity index (χ2v) is 5.80. The smallest absolute Gasteiger partial charge is 0.335 e. The molecule has 20 heavy (non-hydrogen) atoms. The van der Waals surface area contributed by atoms with Gasteiger partial charge in [0.1, 0.15) is 0 Å². The highest BCUT2D eigenvalue weighted by atomic mass is 16.4. The van der Waals surface area contributed by atoms with E-state index in [4.69, 9.17) is 5.11 Å². The molecule has 0 aliphatic heterocycles. The number of carboxylic acids is 1. The average molecular weight is 275 g/mol. The number of carbonyl (C=O) groups is 1. The van der Waals surface area contributed by atoms with Crippen molar-refractivity contribution in [1.82, 2.24) is 4.90 Å². The van der Waals surface area contributed by atoms with E-state index < -0.39 is 5.97 Å². The molecule has 0 saturated heterocycles. The van der Waals surface area contributed by atoms with Crippen molar-refractivity contribution in [3.05, 3.63) is 34.9 Å². The first kappa shape index (κ1) is 15.0. The lowest BCUT2D eigenvalue weighted by molar-refractivity contribution is 0.0696. The van der Waals surface area contributed by atoms with Gasteiger partial charge in [-0.05, 0) is 49.6 Å². The lowest BCUT2D eigenvalue weighted by atomic mass is 9.93. The number of rotatable bonds is 5. The van der Waals surface area contributed by atoms with E-state index in [1.54, 1.807) is 12.1 Å². The molecule has 0 aromatic heterocycles. The van der Waals surface area contributed by atoms with Gasteiger partial charge in [0.15, 0.2) is 0 Å². The Bertz CT molecular complexity index is 464. The highest BCUT2D eigenvalue weighted by molar-refractivity contribution is 5.87. The summed E-state index contributed by atoms with van der Waals surface area (Å²) < 4.78 is 0. The van der Waals surface area contributed by atoms with Crippen molar-refractivity contribution in [2.75, 3.05) is 6.54 Å². The quantitative estimate of drug-likeness (QED) is 0.887. The first-order valence-corrected chi connectivity index (χ1v) is 7.68. The van der Waals surface area contributed by atoms with Gasteiger partial charge in [-0.3, -0.25) is 4.90 Å². The van der Waals surface area contributed by atoms with Crippen LogP contribution in [0.1, 0.15) is 60.5 Å². The van der Waals surface area contributed by atoms with Crippen LogP contribution in [0.25, 0.3) is 0 Å². The van der Waals surface area contributed by atoms with Gasteiger partial charge in [-0.15, -0.1) is 0 Å². The minimum atomic E-state index is -0.848. The SMILES string of the molecule is CCN(Cc1ccc(C(=O)O)cc1C)C1CCCCC1. The van der Waals surface area contributed by atoms with Crippen LogP contribution in [-0.4, -0.2) is 28.6 Å². The number of hydrogen-bond donors (Lipinski definition) is 1. The first-order valence-electron chi connectivity index (χ1n) is 7.68. The number of nitrogens with zero attached hydrogens (tertiary/aromatic N) is 1. The third kappa shape index (κ3) is 3.60. The molecule has 1 saturated carbocycles. The fourth-order valence-electron chi connectivity index (χ4n) is 3.17. The Morgan fingerprint density at radius 1 is 1.30 bits per heavy atom. The van der Waals surface area contributed by atoms with Crippen molar-refractivity contribution < 1.29 is 9.90 Å². The van der Waals surface area contributed by atoms with E-state index in [9.17, 15) is 4.79 Å². The molecular formula is C17H25NO2. The molecule has 3 nitrogen and oxygen atoms in total. The standard InChI is InChI=1S/C17H25NO2/c1-3-18(16-7-5-4-6-8-16)12-15-10-9-14(17(19)20)11-13(15)2/h9-11,16H,3-8,12H2,1-2H3,(H,19,20). The van der Waals surface area contributed by atoms with Gasteiger partial charge in [0.05, 0.1) is 5.56 Å². The number of benzene rings is 1. The van der Waals surface area contributed by atoms with E-state index in [-0.39, 0.29) is 0 Å². The highest BCUT2D eigenvalue weighted by Crippen LogP contribution is 2.24. The average Bonchev–Trinajstić information content (AvgIpc) is 2.46. The van der Waals surface area contributed by atoms with E-state index >= 15 is 0 Å². The molecule has 1 fully saturated rings. The zero-order valence-electron chi connectivity index (χ0n) is 12.6. The summed E-state index contributed by atoms with van der Waals surface area (Å²) in [6.45, 7) is 6.23. The maximum absolute atomic E-state index is 11.0. The molecule has 110 valence electrons. The van der Waals surface area contributed by atoms with Gasteiger partial charge in [0.25, 0.3) is 0 Å². The number of aromatic carboxylic acids is 1. The highest BCUT2D eigenvalue weighted by Gasteiger charge is 2.20. The fourth-order valence-corrected chi connectivity index (χ4v) is 3.17. The Hall–Kier alpha value is -1.35. The molecule has 0 unspecified atom stereocenters. The summed E-state index contributed by atoms with van der Waals surface area (Å²) in [4.78, 5) is 13.5. The van der Waals surface area contributed by atoms with Crippen molar-refractivity contribution in [3.63, 3.8) is 0 Å². The van der Waals surface area contributed by atoms with Crippen LogP contribution in [0.2, 0.25) is 0 Å². The van der Waals surface area contributed by atoms with Crippen LogP contribution in [0, 0.1) is 6.92 Å². The molecule has 0 amide bonds. The molecule has 1 aliphatic rings. The number of carboxylic acid groups (broad SMARTS) is 1. The minimum Gasteiger partial charge on any atom is -0.478 e. The van der Waals surface area contributed by atoms with E-state index in [0.717, 1.165) is 18.7 Å². The Kier molecular flexibility index (Phi) is 5.18. The second-order valence-electron chi connectivity index (χ2n) is 5.80. The Balaban J connectivity index is 2.08. The van der Waals surface area contributed by atoms with Gasteiger partial charge in [-0.2, -0.15) is 0 Å². The van der Waals surface area contributed by atoms with Crippen LogP contribution in [0.5, 0.6) is 0 Å². The molecule has 1 aromatic rings. The maximum atomic E-state index is 11.0. The van der Waals surface area contributed by atoms with Gasteiger partial charge >= 0.3 is 5.97 Å². The molecule has 3 heteroatoms. The summed E-state index contributed by atoms with van der Waals surface area (Å²) in [5.74, 6) is -0.848. The van der Waals surface area contributed by atoms with Crippen molar-refractivity contribution in [1.29, 1.82) is 0 Å². The van der Waals surface area contributed by atoms with Crippen LogP contribution >= 0.6 is 0 Å². The maximum Gasteiger partial charge on any atom is 0.335 e. The van der Waals surface area contributed by atoms with Gasteiger partial charge in [0, 0.05) is 12.6 Å². The molecule has 1 aromatic carbocycles. The molecule has 2 rings (SSSR count). The predicted octanol–water partition coefficient (Wildman–Crippen LogP) is 3.85. The molecule has 1 aliphatic carbocycles. The van der Waals surface area contributed by atoms with Crippen molar-refractivity contribution in [3.8, 4) is 0 Å². The molecule has 0 atom stereocenters. The largest absolute Gasteiger partial charge is 0.478 e. The van der Waals surface area contributed by atoms with Crippen LogP contribution in [-0.2, 0) is 6.54 Å². The summed E-state index contributed by atoms with van der Waals surface area (Å²) >= 11 is 0. The first-order chi connectivity index (χ1) is 9.61. The van der Waals surface area contributed by atoms with Gasteiger partial charge in [-0.1, -0.05) is 32.3 Å². The predicted molar refractivity (Wildman–Crippen MR) is 81.1 cm³/mol. The Labute approximate surface area is 121 Å². The zero-order valence-corrected chi connectivity index (χ0v) is 12.6. The summed E-state index contributed by atoms with van der Waals surface area (Å²) in [7, 11) is 0. The number of aryl methyl sites for hydroxylation is 1. The monoisotopic (exact) mass is 275 g/mol. The summed E-state index contributed by atoms with van der Waals surface area (Å²) in [5, 5.41) is 9.02. The Morgan fingerprint density at radius 3 is 2.55 bits per heavy atom. The molecule has 0 spiro atoms. The van der Waals surface area contributed by atoms with E-state index in [1.807, 2.05) is 13.0 Å². The summed E-state index contributed by atoms with van der Waals surface area (Å²) in [6, 6.07) is 6.18. The summed E-state index contributed by atoms with van der Waals surface area (Å²) in [5.41, 5.74) is 2.72. The third-order valence-electron chi connectivity index (χ3n) is 4.46. The van der Waals surface area contributed by atoms with Gasteiger partial charge in [0.2, 0.25) is 0 Å². The van der Waals surface area contributed by atoms with E-state index in [0.29, 0.717) is 11.6 Å². The molecule has 1 N–H and O–H groups in total. The second kappa shape index (κ2) is 6.89. The van der Waals surface area contributed by atoms with Crippen LogP contribution in [0.3, 0.4) is 0 Å². The van der Waals surface area contributed by atoms with Crippen LogP contribution in [0.15, 0.2) is 18.2 Å². The lowest BCUT2D eigenvalue weighted by Gasteiger charge is -2.34. The molecule has 0 radical (unpaired) electrons. The molecular weight excluding hydrogens is 250 g/mol. The fraction of sp³-hybridized carbons (Fsp3) is 0.588. The topological polar surface area (TPSA) is 40.5 Å². The van der Waals surface area contributed by atoms with Crippen molar-refractivity contribution in [2.24, 2.45) is 0 Å².